The highest BCUT2D eigenvalue weighted by molar-refractivity contribution is 7.80. The molecular weight excluding hydrogens is 182 g/mol. The maximum absolute atomic E-state index is 9.67. The summed E-state index contributed by atoms with van der Waals surface area (Å²) < 4.78 is 31.0. The summed E-state index contributed by atoms with van der Waals surface area (Å²) in [7, 11) is -4.27. The number of hydrogen-bond acceptors (Lipinski definition) is 4. The van der Waals surface area contributed by atoms with Crippen LogP contribution in [-0.4, -0.2) is 26.1 Å². The third-order valence-corrected chi connectivity index (χ3v) is 0.815. The molecule has 0 fully saturated rings. The lowest BCUT2D eigenvalue weighted by Crippen LogP contribution is -2.12. The molecule has 0 heterocycles. The van der Waals surface area contributed by atoms with E-state index in [0.29, 0.717) is 0 Å². The molecule has 0 unspecified atom stereocenters. The van der Waals surface area contributed by atoms with Crippen molar-refractivity contribution < 1.29 is 17.2 Å². The average molecular weight is 197 g/mol. The second-order valence-corrected chi connectivity index (χ2v) is 2.13. The molecule has 6 heteroatoms. The van der Waals surface area contributed by atoms with Crippen LogP contribution in [0, 0.1) is 0 Å². The van der Waals surface area contributed by atoms with Crippen molar-refractivity contribution in [3.8, 4) is 0 Å². The van der Waals surface area contributed by atoms with E-state index in [1.165, 1.54) is 0 Å². The maximum Gasteiger partial charge on any atom is 0.397 e. The van der Waals surface area contributed by atoms with Crippen LogP contribution >= 0.6 is 0 Å². The molecule has 0 radical (unpaired) electrons. The molecule has 0 aromatic heterocycles. The van der Waals surface area contributed by atoms with Crippen molar-refractivity contribution in [2.24, 2.45) is 5.73 Å². The van der Waals surface area contributed by atoms with Crippen LogP contribution in [0.3, 0.4) is 0 Å². The Kier molecular flexibility index (Phi) is 18.8. The summed E-state index contributed by atoms with van der Waals surface area (Å²) >= 11 is 0. The first-order valence-electron chi connectivity index (χ1n) is 2.88. The Morgan fingerprint density at radius 1 is 1.25 bits per heavy atom. The van der Waals surface area contributed by atoms with Crippen molar-refractivity contribution in [3.05, 3.63) is 26.3 Å². The van der Waals surface area contributed by atoms with Gasteiger partial charge in [-0.3, -0.25) is 4.55 Å². The minimum atomic E-state index is -4.27. The minimum Gasteiger partial charge on any atom is -0.328 e. The molecule has 12 heavy (non-hydrogen) atoms. The monoisotopic (exact) mass is 197 g/mol. The van der Waals surface area contributed by atoms with Crippen LogP contribution in [-0.2, 0) is 14.6 Å². The molecule has 0 saturated heterocycles. The van der Waals surface area contributed by atoms with Gasteiger partial charge in [-0.25, -0.2) is 4.18 Å². The van der Waals surface area contributed by atoms with Gasteiger partial charge in [0.1, 0.15) is 0 Å². The quantitative estimate of drug-likeness (QED) is 0.504. The molecule has 0 aromatic rings. The zero-order chi connectivity index (χ0) is 10.6. The molecule has 74 valence electrons. The number of hydrogen-bond donors (Lipinski definition) is 2. The van der Waals surface area contributed by atoms with Crippen molar-refractivity contribution >= 4 is 10.4 Å². The van der Waals surface area contributed by atoms with Gasteiger partial charge >= 0.3 is 10.4 Å². The fourth-order valence-corrected chi connectivity index (χ4v) is 0.460. The summed E-state index contributed by atoms with van der Waals surface area (Å²) in [5.41, 5.74) is 4.84. The summed E-state index contributed by atoms with van der Waals surface area (Å²) in [5.74, 6) is 0. The molecule has 0 aliphatic heterocycles. The highest BCUT2D eigenvalue weighted by Crippen LogP contribution is 1.81. The lowest BCUT2D eigenvalue weighted by atomic mass is 10.8. The van der Waals surface area contributed by atoms with Crippen LogP contribution in [0.5, 0.6) is 0 Å². The van der Waals surface area contributed by atoms with Crippen molar-refractivity contribution in [2.45, 2.75) is 0 Å². The van der Waals surface area contributed by atoms with Gasteiger partial charge in [0.25, 0.3) is 0 Å². The van der Waals surface area contributed by atoms with E-state index in [0.717, 1.165) is 0 Å². The lowest BCUT2D eigenvalue weighted by molar-refractivity contribution is 0.276. The van der Waals surface area contributed by atoms with Gasteiger partial charge in [-0.2, -0.15) is 8.42 Å². The van der Waals surface area contributed by atoms with Crippen molar-refractivity contribution in [3.63, 3.8) is 0 Å². The second kappa shape index (κ2) is 12.9. The maximum atomic E-state index is 9.67. The highest BCUT2D eigenvalue weighted by atomic mass is 32.3. The second-order valence-electron chi connectivity index (χ2n) is 1.04. The number of nitrogens with two attached hydrogens (primary N) is 1. The van der Waals surface area contributed by atoms with Gasteiger partial charge in [-0.05, 0) is 0 Å². The molecule has 0 aliphatic rings. The number of rotatable bonds is 3. The normalized spacial score (nSPS) is 8.50. The van der Waals surface area contributed by atoms with Crippen LogP contribution < -0.4 is 5.73 Å². The fourth-order valence-electron chi connectivity index (χ4n) is 0.153. The average Bonchev–Trinajstić information content (AvgIpc) is 2.07. The molecule has 0 amide bonds. The van der Waals surface area contributed by atoms with E-state index in [-0.39, 0.29) is 13.2 Å². The van der Waals surface area contributed by atoms with Gasteiger partial charge in [-0.1, -0.05) is 0 Å². The summed E-state index contributed by atoms with van der Waals surface area (Å²) in [4.78, 5) is 0. The first-order chi connectivity index (χ1) is 5.56. The van der Waals surface area contributed by atoms with Crippen LogP contribution in [0.4, 0.5) is 0 Å². The van der Waals surface area contributed by atoms with Gasteiger partial charge in [0.05, 0.1) is 6.61 Å². The van der Waals surface area contributed by atoms with E-state index in [1.807, 2.05) is 0 Å². The van der Waals surface area contributed by atoms with E-state index in [1.54, 1.807) is 0 Å². The molecule has 0 saturated carbocycles. The Balaban J connectivity index is -0.000000175. The van der Waals surface area contributed by atoms with Crippen LogP contribution in [0.25, 0.3) is 0 Å². The van der Waals surface area contributed by atoms with E-state index < -0.39 is 10.4 Å². The van der Waals surface area contributed by atoms with Gasteiger partial charge in [-0.15, -0.1) is 26.3 Å². The van der Waals surface area contributed by atoms with Crippen LogP contribution in [0.2, 0.25) is 0 Å². The Bertz CT molecular complexity index is 164. The standard InChI is InChI=1S/C2H7NO4S.2C2H4/c3-1-2-7-8(4,5)6;2*1-2/h1-3H2,(H,4,5,6);2*1-2H2. The van der Waals surface area contributed by atoms with E-state index in [9.17, 15) is 8.42 Å². The molecule has 0 atom stereocenters. The summed E-state index contributed by atoms with van der Waals surface area (Å²) in [6, 6.07) is 0. The zero-order valence-corrected chi connectivity index (χ0v) is 7.72. The van der Waals surface area contributed by atoms with Crippen molar-refractivity contribution in [1.29, 1.82) is 0 Å². The Labute approximate surface area is 73.5 Å². The smallest absolute Gasteiger partial charge is 0.328 e. The highest BCUT2D eigenvalue weighted by Gasteiger charge is 2.00. The molecule has 3 N–H and O–H groups in total. The Hall–Kier alpha value is -0.690. The topological polar surface area (TPSA) is 89.6 Å². The predicted octanol–water partition coefficient (Wildman–Crippen LogP) is 0.369. The van der Waals surface area contributed by atoms with Crippen molar-refractivity contribution in [1.82, 2.24) is 0 Å². The predicted molar refractivity (Wildman–Crippen MR) is 49.1 cm³/mol. The van der Waals surface area contributed by atoms with E-state index >= 15 is 0 Å². The molecule has 0 aromatic carbocycles. The summed E-state index contributed by atoms with van der Waals surface area (Å²) in [6.07, 6.45) is 0. The lowest BCUT2D eigenvalue weighted by Gasteiger charge is -1.92. The first-order valence-corrected chi connectivity index (χ1v) is 4.24. The van der Waals surface area contributed by atoms with Crippen molar-refractivity contribution in [2.75, 3.05) is 13.2 Å². The largest absolute Gasteiger partial charge is 0.397 e. The third kappa shape index (κ3) is 34.6. The fraction of sp³-hybridized carbons (Fsp3) is 0.333. The van der Waals surface area contributed by atoms with Gasteiger partial charge in [0, 0.05) is 6.54 Å². The van der Waals surface area contributed by atoms with E-state index in [4.69, 9.17) is 10.3 Å². The molecule has 0 aliphatic carbocycles. The summed E-state index contributed by atoms with van der Waals surface area (Å²) in [6.45, 7) is 11.9. The zero-order valence-electron chi connectivity index (χ0n) is 6.90. The van der Waals surface area contributed by atoms with Gasteiger partial charge in [0.15, 0.2) is 0 Å². The Morgan fingerprint density at radius 3 is 1.67 bits per heavy atom. The SMILES string of the molecule is C=C.C=C.NCCOS(=O)(=O)O. The molecule has 5 nitrogen and oxygen atoms in total. The van der Waals surface area contributed by atoms with Crippen LogP contribution in [0.15, 0.2) is 26.3 Å². The van der Waals surface area contributed by atoms with Gasteiger partial charge in [0.2, 0.25) is 0 Å². The van der Waals surface area contributed by atoms with Gasteiger partial charge < -0.3 is 5.73 Å². The minimum absolute atomic E-state index is 0.0692. The summed E-state index contributed by atoms with van der Waals surface area (Å²) in [5, 5.41) is 0. The first kappa shape index (κ1) is 17.4. The van der Waals surface area contributed by atoms with E-state index in [2.05, 4.69) is 30.5 Å². The molecule has 0 rings (SSSR count). The molecule has 0 bridgehead atoms. The van der Waals surface area contributed by atoms with Crippen LogP contribution in [0.1, 0.15) is 0 Å². The third-order valence-electron chi connectivity index (χ3n) is 0.350. The Morgan fingerprint density at radius 2 is 1.58 bits per heavy atom. The molecular formula is C6H15NO4S. The molecule has 0 spiro atoms.